The summed E-state index contributed by atoms with van der Waals surface area (Å²) in [4.78, 5) is 26.1. The first-order chi connectivity index (χ1) is 13.0. The van der Waals surface area contributed by atoms with E-state index in [1.165, 1.54) is 20.3 Å². The summed E-state index contributed by atoms with van der Waals surface area (Å²) in [6.07, 6.45) is 6.51. The molecule has 2 aromatic rings. The maximum atomic E-state index is 12.4. The second-order valence-electron chi connectivity index (χ2n) is 5.49. The normalized spacial score (nSPS) is 13.5. The van der Waals surface area contributed by atoms with E-state index in [-0.39, 0.29) is 11.3 Å². The smallest absolute Gasteiger partial charge is 0.355 e. The second kappa shape index (κ2) is 7.69. The van der Waals surface area contributed by atoms with Crippen molar-refractivity contribution >= 4 is 17.6 Å². The molecule has 0 spiro atoms. The van der Waals surface area contributed by atoms with Gasteiger partial charge in [0, 0.05) is 24.4 Å². The van der Waals surface area contributed by atoms with Crippen LogP contribution in [-0.2, 0) is 19.1 Å². The number of anilines is 1. The van der Waals surface area contributed by atoms with Gasteiger partial charge in [0.25, 0.3) is 0 Å². The van der Waals surface area contributed by atoms with E-state index in [4.69, 9.17) is 13.9 Å². The van der Waals surface area contributed by atoms with E-state index < -0.39 is 11.9 Å². The molecule has 0 unspecified atom stereocenters. The predicted octanol–water partition coefficient (Wildman–Crippen LogP) is 2.54. The monoisotopic (exact) mass is 367 g/mol. The predicted molar refractivity (Wildman–Crippen MR) is 96.3 cm³/mol. The Labute approximate surface area is 155 Å². The van der Waals surface area contributed by atoms with E-state index in [9.17, 15) is 9.59 Å². The summed E-state index contributed by atoms with van der Waals surface area (Å²) in [6, 6.07) is 7.09. The molecule has 0 aliphatic carbocycles. The van der Waals surface area contributed by atoms with Crippen molar-refractivity contribution in [3.8, 4) is 11.5 Å². The fourth-order valence-electron chi connectivity index (χ4n) is 2.54. The van der Waals surface area contributed by atoms with Crippen molar-refractivity contribution in [1.82, 2.24) is 10.2 Å². The van der Waals surface area contributed by atoms with Gasteiger partial charge >= 0.3 is 11.9 Å². The third-order valence-corrected chi connectivity index (χ3v) is 3.81. The summed E-state index contributed by atoms with van der Waals surface area (Å²) in [6.45, 7) is 1.71. The third-order valence-electron chi connectivity index (χ3n) is 3.81. The summed E-state index contributed by atoms with van der Waals surface area (Å²) >= 11 is 0. The minimum atomic E-state index is -0.664. The Morgan fingerprint density at radius 1 is 1.00 bits per heavy atom. The van der Waals surface area contributed by atoms with Crippen LogP contribution in [0.15, 0.2) is 64.4 Å². The van der Waals surface area contributed by atoms with Gasteiger partial charge in [-0.05, 0) is 36.4 Å². The largest absolute Gasteiger partial charge is 0.465 e. The minimum Gasteiger partial charge on any atom is -0.465 e. The lowest BCUT2D eigenvalue weighted by molar-refractivity contribution is -0.139. The fourth-order valence-corrected chi connectivity index (χ4v) is 2.54. The molecule has 2 heterocycles. The van der Waals surface area contributed by atoms with Crippen LogP contribution in [0.2, 0.25) is 0 Å². The SMILES string of the molecule is COC(=O)C1=C(C(=O)OC)N(c2ccc(-c3nnc(C)o3)cc2)C=CC=C1. The van der Waals surface area contributed by atoms with E-state index in [2.05, 4.69) is 10.2 Å². The molecule has 138 valence electrons. The van der Waals surface area contributed by atoms with Crippen LogP contribution >= 0.6 is 0 Å². The van der Waals surface area contributed by atoms with Crippen molar-refractivity contribution in [3.05, 3.63) is 65.9 Å². The number of carbonyl (C=O) groups excluding carboxylic acids is 2. The highest BCUT2D eigenvalue weighted by Gasteiger charge is 2.27. The number of carbonyl (C=O) groups is 2. The Balaban J connectivity index is 2.04. The molecule has 0 saturated heterocycles. The lowest BCUT2D eigenvalue weighted by atomic mass is 10.1. The first-order valence-corrected chi connectivity index (χ1v) is 8.00. The van der Waals surface area contributed by atoms with Gasteiger partial charge in [0.2, 0.25) is 11.8 Å². The maximum absolute atomic E-state index is 12.4. The number of benzene rings is 1. The zero-order valence-corrected chi connectivity index (χ0v) is 15.0. The highest BCUT2D eigenvalue weighted by molar-refractivity contribution is 6.05. The number of ether oxygens (including phenoxy) is 2. The average Bonchev–Trinajstić information content (AvgIpc) is 3.01. The van der Waals surface area contributed by atoms with Crippen molar-refractivity contribution in [1.29, 1.82) is 0 Å². The standard InChI is InChI=1S/C19H17N3O5/c1-12-20-21-17(27-12)13-7-9-14(10-8-13)22-11-5-4-6-15(18(23)25-2)16(22)19(24)26-3/h4-11H,1-3H3. The molecule has 0 fully saturated rings. The van der Waals surface area contributed by atoms with Gasteiger partial charge in [-0.1, -0.05) is 6.08 Å². The maximum Gasteiger partial charge on any atom is 0.355 e. The number of methoxy groups -OCH3 is 2. The van der Waals surface area contributed by atoms with Gasteiger partial charge in [-0.25, -0.2) is 9.59 Å². The Kier molecular flexibility index (Phi) is 5.16. The van der Waals surface area contributed by atoms with Gasteiger partial charge < -0.3 is 18.8 Å². The first-order valence-electron chi connectivity index (χ1n) is 8.00. The molecule has 0 saturated carbocycles. The van der Waals surface area contributed by atoms with E-state index in [0.29, 0.717) is 17.5 Å². The topological polar surface area (TPSA) is 94.8 Å². The van der Waals surface area contributed by atoms with Crippen molar-refractivity contribution < 1.29 is 23.5 Å². The van der Waals surface area contributed by atoms with Crippen LogP contribution in [0.5, 0.6) is 0 Å². The van der Waals surface area contributed by atoms with E-state index in [0.717, 1.165) is 5.56 Å². The molecule has 0 radical (unpaired) electrons. The molecule has 0 atom stereocenters. The molecule has 1 aromatic heterocycles. The quantitative estimate of drug-likeness (QED) is 0.761. The lowest BCUT2D eigenvalue weighted by Crippen LogP contribution is -2.26. The molecule has 1 aromatic carbocycles. The summed E-state index contributed by atoms with van der Waals surface area (Å²) < 4.78 is 15.1. The molecular weight excluding hydrogens is 350 g/mol. The van der Waals surface area contributed by atoms with Crippen molar-refractivity contribution in [2.75, 3.05) is 19.1 Å². The number of esters is 2. The molecule has 0 N–H and O–H groups in total. The highest BCUT2D eigenvalue weighted by atomic mass is 16.5. The molecule has 0 amide bonds. The molecular formula is C19H17N3O5. The van der Waals surface area contributed by atoms with Crippen LogP contribution < -0.4 is 4.90 Å². The fraction of sp³-hybridized carbons (Fsp3) is 0.158. The lowest BCUT2D eigenvalue weighted by Gasteiger charge is -2.23. The summed E-state index contributed by atoms with van der Waals surface area (Å²) in [5.74, 6) is -0.443. The number of hydrogen-bond acceptors (Lipinski definition) is 8. The number of rotatable bonds is 4. The summed E-state index contributed by atoms with van der Waals surface area (Å²) in [5.41, 5.74) is 1.51. The molecule has 8 heteroatoms. The highest BCUT2D eigenvalue weighted by Crippen LogP contribution is 2.28. The van der Waals surface area contributed by atoms with Crippen molar-refractivity contribution in [2.45, 2.75) is 6.92 Å². The van der Waals surface area contributed by atoms with Crippen LogP contribution in [0.25, 0.3) is 11.5 Å². The van der Waals surface area contributed by atoms with E-state index >= 15 is 0 Å². The molecule has 27 heavy (non-hydrogen) atoms. The molecule has 3 rings (SSSR count). The Bertz CT molecular complexity index is 954. The van der Waals surface area contributed by atoms with E-state index in [1.807, 2.05) is 0 Å². The molecule has 1 aliphatic rings. The Morgan fingerprint density at radius 2 is 1.70 bits per heavy atom. The van der Waals surface area contributed by atoms with Gasteiger partial charge in [-0.3, -0.25) is 0 Å². The first kappa shape index (κ1) is 18.1. The number of hydrogen-bond donors (Lipinski definition) is 0. The summed E-state index contributed by atoms with van der Waals surface area (Å²) in [7, 11) is 2.50. The number of aromatic nitrogens is 2. The molecule has 8 nitrogen and oxygen atoms in total. The Morgan fingerprint density at radius 3 is 2.30 bits per heavy atom. The van der Waals surface area contributed by atoms with Crippen LogP contribution in [-0.4, -0.2) is 36.4 Å². The zero-order chi connectivity index (χ0) is 19.4. The van der Waals surface area contributed by atoms with Crippen LogP contribution in [0.1, 0.15) is 5.89 Å². The van der Waals surface area contributed by atoms with Crippen LogP contribution in [0.3, 0.4) is 0 Å². The van der Waals surface area contributed by atoms with Crippen molar-refractivity contribution in [3.63, 3.8) is 0 Å². The van der Waals surface area contributed by atoms with Gasteiger partial charge in [0.15, 0.2) is 0 Å². The number of nitrogens with zero attached hydrogens (tertiary/aromatic N) is 3. The minimum absolute atomic E-state index is 0.0516. The van der Waals surface area contributed by atoms with Gasteiger partial charge in [-0.15, -0.1) is 10.2 Å². The summed E-state index contributed by atoms with van der Waals surface area (Å²) in [5, 5.41) is 7.78. The Hall–Kier alpha value is -3.68. The van der Waals surface area contributed by atoms with Crippen LogP contribution in [0.4, 0.5) is 5.69 Å². The number of aryl methyl sites for hydroxylation is 1. The van der Waals surface area contributed by atoms with Crippen molar-refractivity contribution in [2.24, 2.45) is 0 Å². The van der Waals surface area contributed by atoms with Gasteiger partial charge in [0.1, 0.15) is 5.70 Å². The van der Waals surface area contributed by atoms with E-state index in [1.54, 1.807) is 54.4 Å². The third kappa shape index (κ3) is 3.64. The number of allylic oxidation sites excluding steroid dienone is 2. The second-order valence-corrected chi connectivity index (χ2v) is 5.49. The molecule has 0 bridgehead atoms. The zero-order valence-electron chi connectivity index (χ0n) is 15.0. The van der Waals surface area contributed by atoms with Gasteiger partial charge in [-0.2, -0.15) is 0 Å². The molecule has 1 aliphatic heterocycles. The van der Waals surface area contributed by atoms with Gasteiger partial charge in [0.05, 0.1) is 19.8 Å². The average molecular weight is 367 g/mol. The van der Waals surface area contributed by atoms with Crippen LogP contribution in [0, 0.1) is 6.92 Å².